The van der Waals surface area contributed by atoms with E-state index in [1.165, 1.54) is 0 Å². The van der Waals surface area contributed by atoms with E-state index >= 15 is 0 Å². The van der Waals surface area contributed by atoms with Crippen LogP contribution < -0.4 is 0 Å². The first-order valence-electron chi connectivity index (χ1n) is 6.44. The maximum absolute atomic E-state index is 13.9. The average molecular weight is 426 g/mol. The quantitative estimate of drug-likeness (QED) is 0.592. The van der Waals surface area contributed by atoms with Crippen molar-refractivity contribution in [3.05, 3.63) is 35.9 Å². The number of rotatable bonds is 7. The zero-order valence-electron chi connectivity index (χ0n) is 12.3. The molecule has 0 amide bonds. The van der Waals surface area contributed by atoms with Crippen LogP contribution in [-0.2, 0) is 5.85 Å². The molecule has 0 saturated heterocycles. The lowest BCUT2D eigenvalue weighted by molar-refractivity contribution is -0.441. The van der Waals surface area contributed by atoms with Crippen molar-refractivity contribution >= 4 is 0 Å². The van der Waals surface area contributed by atoms with E-state index in [2.05, 4.69) is 0 Å². The topological polar surface area (TPSA) is 20.2 Å². The van der Waals surface area contributed by atoms with Gasteiger partial charge in [-0.05, 0) is 0 Å². The predicted molar refractivity (Wildman–Crippen MR) is 62.2 cm³/mol. The van der Waals surface area contributed by atoms with Crippen molar-refractivity contribution in [2.45, 2.75) is 41.9 Å². The van der Waals surface area contributed by atoms with Crippen molar-refractivity contribution in [1.29, 1.82) is 0 Å². The van der Waals surface area contributed by atoms with Crippen molar-refractivity contribution in [1.82, 2.24) is 0 Å². The molecule has 0 fully saturated rings. The van der Waals surface area contributed by atoms with E-state index in [4.69, 9.17) is 5.11 Å². The average Bonchev–Trinajstić information content (AvgIpc) is 2.54. The molecule has 1 atom stereocenters. The molecule has 1 aromatic carbocycles. The van der Waals surface area contributed by atoms with Gasteiger partial charge in [-0.15, -0.1) is 0 Å². The summed E-state index contributed by atoms with van der Waals surface area (Å²) in [6.45, 7) is 0. The molecule has 1 unspecified atom stereocenters. The molecule has 27 heavy (non-hydrogen) atoms. The molecule has 0 spiro atoms. The van der Waals surface area contributed by atoms with E-state index in [1.54, 1.807) is 0 Å². The Labute approximate surface area is 141 Å². The van der Waals surface area contributed by atoms with Gasteiger partial charge in [-0.25, -0.2) is 8.78 Å². The molecular formula is C13H7F13O. The Morgan fingerprint density at radius 1 is 0.593 bits per heavy atom. The smallest absolute Gasteiger partial charge is 0.353 e. The Hall–Kier alpha value is -1.73. The third kappa shape index (κ3) is 3.01. The highest BCUT2D eigenvalue weighted by Crippen LogP contribution is 2.61. The van der Waals surface area contributed by atoms with E-state index < -0.39 is 47.5 Å². The highest BCUT2D eigenvalue weighted by molar-refractivity contribution is 5.25. The molecule has 0 radical (unpaired) electrons. The first-order valence-corrected chi connectivity index (χ1v) is 6.44. The first kappa shape index (κ1) is 23.3. The standard InChI is InChI=1S/C13H7F13O/c14-7(15)8(16,17)10(19,20)12(23,24)13(25,26)11(21,22)9(18,27)6-4-2-1-3-5-6/h1-5,7,27H. The highest BCUT2D eigenvalue weighted by atomic mass is 19.4. The lowest BCUT2D eigenvalue weighted by atomic mass is 9.88. The molecule has 1 N–H and O–H groups in total. The van der Waals surface area contributed by atoms with Crippen LogP contribution in [0.3, 0.4) is 0 Å². The fourth-order valence-electron chi connectivity index (χ4n) is 1.79. The summed E-state index contributed by atoms with van der Waals surface area (Å²) in [5.41, 5.74) is -1.82. The highest BCUT2D eigenvalue weighted by Gasteiger charge is 2.90. The van der Waals surface area contributed by atoms with Crippen LogP contribution in [0, 0.1) is 0 Å². The summed E-state index contributed by atoms with van der Waals surface area (Å²) in [4.78, 5) is 0. The summed E-state index contributed by atoms with van der Waals surface area (Å²) in [6.07, 6.45) is -5.67. The van der Waals surface area contributed by atoms with E-state index in [0.717, 1.165) is 6.07 Å². The minimum absolute atomic E-state index is 0.161. The van der Waals surface area contributed by atoms with Gasteiger partial charge in [0.25, 0.3) is 0 Å². The second-order valence-electron chi connectivity index (χ2n) is 5.21. The fourth-order valence-corrected chi connectivity index (χ4v) is 1.79. The van der Waals surface area contributed by atoms with Crippen LogP contribution in [0.15, 0.2) is 30.3 Å². The van der Waals surface area contributed by atoms with E-state index in [1.807, 2.05) is 0 Å². The molecule has 0 aliphatic carbocycles. The molecule has 0 heterocycles. The summed E-state index contributed by atoms with van der Waals surface area (Å²) < 4.78 is 170. The van der Waals surface area contributed by atoms with Crippen LogP contribution in [0.5, 0.6) is 0 Å². The van der Waals surface area contributed by atoms with Crippen molar-refractivity contribution < 1.29 is 62.2 Å². The van der Waals surface area contributed by atoms with Crippen molar-refractivity contribution in [3.63, 3.8) is 0 Å². The van der Waals surface area contributed by atoms with Gasteiger partial charge >= 0.3 is 41.9 Å². The molecule has 0 aliphatic rings. The largest absolute Gasteiger partial charge is 0.384 e. The van der Waals surface area contributed by atoms with Crippen LogP contribution in [0.1, 0.15) is 5.56 Å². The molecule has 0 aromatic heterocycles. The Morgan fingerprint density at radius 3 is 1.33 bits per heavy atom. The zero-order chi connectivity index (χ0) is 21.7. The molecule has 1 aromatic rings. The lowest BCUT2D eigenvalue weighted by Gasteiger charge is -2.41. The van der Waals surface area contributed by atoms with Gasteiger partial charge in [-0.2, -0.15) is 48.3 Å². The molecule has 1 nitrogen and oxygen atoms in total. The Morgan fingerprint density at radius 2 is 0.963 bits per heavy atom. The lowest BCUT2D eigenvalue weighted by Crippen LogP contribution is -2.71. The number of hydrogen-bond acceptors (Lipinski definition) is 1. The van der Waals surface area contributed by atoms with E-state index in [-0.39, 0.29) is 12.1 Å². The Balaban J connectivity index is 3.58. The maximum Gasteiger partial charge on any atom is 0.384 e. The van der Waals surface area contributed by atoms with Gasteiger partial charge in [-0.1, -0.05) is 30.3 Å². The summed E-state index contributed by atoms with van der Waals surface area (Å²) in [5.74, 6) is -43.5. The van der Waals surface area contributed by atoms with E-state index in [0.29, 0.717) is 12.1 Å². The van der Waals surface area contributed by atoms with Crippen LogP contribution in [-0.4, -0.2) is 41.1 Å². The maximum atomic E-state index is 13.9. The second-order valence-corrected chi connectivity index (χ2v) is 5.21. The van der Waals surface area contributed by atoms with Crippen molar-refractivity contribution in [3.8, 4) is 0 Å². The van der Waals surface area contributed by atoms with Crippen molar-refractivity contribution in [2.75, 3.05) is 0 Å². The van der Waals surface area contributed by atoms with Gasteiger partial charge in [0.15, 0.2) is 0 Å². The summed E-state index contributed by atoms with van der Waals surface area (Å²) >= 11 is 0. The molecule has 0 bridgehead atoms. The van der Waals surface area contributed by atoms with Gasteiger partial charge in [0.05, 0.1) is 0 Å². The number of aliphatic hydroxyl groups is 1. The number of alkyl halides is 13. The number of halogens is 13. The van der Waals surface area contributed by atoms with Gasteiger partial charge in [0.1, 0.15) is 0 Å². The summed E-state index contributed by atoms with van der Waals surface area (Å²) in [7, 11) is 0. The number of hydrogen-bond donors (Lipinski definition) is 1. The molecule has 0 aliphatic heterocycles. The molecule has 156 valence electrons. The van der Waals surface area contributed by atoms with Crippen LogP contribution in [0.4, 0.5) is 57.1 Å². The SMILES string of the molecule is OC(F)(c1ccccc1)C(F)(F)C(F)(F)C(F)(F)C(F)(F)C(F)(F)C(F)F. The fraction of sp³-hybridized carbons (Fsp3) is 0.538. The molecule has 0 saturated carbocycles. The van der Waals surface area contributed by atoms with Crippen LogP contribution in [0.2, 0.25) is 0 Å². The third-order valence-corrected chi connectivity index (χ3v) is 3.45. The molecule has 1 rings (SSSR count). The van der Waals surface area contributed by atoms with Gasteiger partial charge in [0.2, 0.25) is 0 Å². The Bertz CT molecular complexity index is 653. The van der Waals surface area contributed by atoms with E-state index in [9.17, 15) is 57.1 Å². The van der Waals surface area contributed by atoms with Gasteiger partial charge in [-0.3, -0.25) is 0 Å². The summed E-state index contributed by atoms with van der Waals surface area (Å²) in [6, 6.07) is 2.57. The van der Waals surface area contributed by atoms with Crippen LogP contribution in [0.25, 0.3) is 0 Å². The minimum atomic E-state index is -7.92. The second kappa shape index (κ2) is 6.41. The predicted octanol–water partition coefficient (Wildman–Crippen LogP) is 5.24. The summed E-state index contributed by atoms with van der Waals surface area (Å²) in [5, 5.41) is 8.98. The van der Waals surface area contributed by atoms with Gasteiger partial charge < -0.3 is 5.11 Å². The Kier molecular flexibility index (Phi) is 5.54. The zero-order valence-corrected chi connectivity index (χ0v) is 12.3. The monoisotopic (exact) mass is 426 g/mol. The van der Waals surface area contributed by atoms with Crippen LogP contribution >= 0.6 is 0 Å². The molecule has 14 heteroatoms. The first-order chi connectivity index (χ1) is 11.8. The normalized spacial score (nSPS) is 17.1. The minimum Gasteiger partial charge on any atom is -0.353 e. The number of benzene rings is 1. The van der Waals surface area contributed by atoms with Crippen molar-refractivity contribution in [2.24, 2.45) is 0 Å². The third-order valence-electron chi connectivity index (χ3n) is 3.45. The van der Waals surface area contributed by atoms with Gasteiger partial charge in [0, 0.05) is 5.56 Å². The molecular weight excluding hydrogens is 419 g/mol.